The molecule has 1 aliphatic heterocycles. The Morgan fingerprint density at radius 1 is 1.07 bits per heavy atom. The number of pyridine rings is 1. The molecule has 1 unspecified atom stereocenters. The molecular formula is C42H47N5O10S. The van der Waals surface area contributed by atoms with Crippen LogP contribution in [0.3, 0.4) is 0 Å². The van der Waals surface area contributed by atoms with Crippen molar-refractivity contribution in [2.45, 2.75) is 74.3 Å². The number of hydrogen-bond donors (Lipinski definition) is 3. The van der Waals surface area contributed by atoms with Crippen molar-refractivity contribution < 1.29 is 46.9 Å². The van der Waals surface area contributed by atoms with E-state index in [4.69, 9.17) is 24.9 Å². The Morgan fingerprint density at radius 3 is 2.34 bits per heavy atom. The number of benzene rings is 3. The first-order valence-corrected chi connectivity index (χ1v) is 20.2. The van der Waals surface area contributed by atoms with E-state index in [0.717, 1.165) is 10.5 Å². The number of alkyl carbamates (subject to hydrolysis) is 1. The van der Waals surface area contributed by atoms with E-state index < -0.39 is 75.7 Å². The van der Waals surface area contributed by atoms with Gasteiger partial charge in [-0.1, -0.05) is 54.6 Å². The summed E-state index contributed by atoms with van der Waals surface area (Å²) in [6, 6.07) is 20.2. The van der Waals surface area contributed by atoms with Gasteiger partial charge in [0.15, 0.2) is 0 Å². The Labute approximate surface area is 336 Å². The molecule has 1 saturated carbocycles. The van der Waals surface area contributed by atoms with E-state index in [1.807, 2.05) is 30.3 Å². The van der Waals surface area contributed by atoms with Crippen LogP contribution in [0.2, 0.25) is 0 Å². The zero-order valence-corrected chi connectivity index (χ0v) is 33.5. The van der Waals surface area contributed by atoms with Crippen molar-refractivity contribution in [1.29, 1.82) is 0 Å². The number of aliphatic hydroxyl groups excluding tert-OH is 1. The highest BCUT2D eigenvalue weighted by Crippen LogP contribution is 2.45. The summed E-state index contributed by atoms with van der Waals surface area (Å²) >= 11 is 0. The minimum absolute atomic E-state index is 0.0461. The number of likely N-dealkylation sites (tertiary alicyclic amines) is 1. The lowest BCUT2D eigenvalue weighted by molar-refractivity contribution is -0.147. The normalized spacial score (nSPS) is 20.8. The predicted octanol–water partition coefficient (Wildman–Crippen LogP) is 4.18. The van der Waals surface area contributed by atoms with Gasteiger partial charge in [0.1, 0.15) is 40.8 Å². The van der Waals surface area contributed by atoms with E-state index in [1.165, 1.54) is 37.5 Å². The van der Waals surface area contributed by atoms with E-state index >= 15 is 0 Å². The van der Waals surface area contributed by atoms with Crippen molar-refractivity contribution in [3.8, 4) is 22.8 Å². The number of sulfonamides is 1. The van der Waals surface area contributed by atoms with Crippen molar-refractivity contribution in [2.75, 3.05) is 20.3 Å². The van der Waals surface area contributed by atoms with Crippen LogP contribution in [0.5, 0.6) is 11.5 Å². The Bertz CT molecular complexity index is 2320. The average molecular weight is 814 g/mol. The third-order valence-electron chi connectivity index (χ3n) is 9.99. The summed E-state index contributed by atoms with van der Waals surface area (Å²) in [6.45, 7) is 7.77. The van der Waals surface area contributed by atoms with Gasteiger partial charge >= 0.3 is 6.09 Å². The highest BCUT2D eigenvalue weighted by atomic mass is 32.2. The molecule has 4 aromatic rings. The van der Waals surface area contributed by atoms with Gasteiger partial charge in [-0.25, -0.2) is 18.2 Å². The number of amides is 4. The molecule has 16 heteroatoms. The van der Waals surface area contributed by atoms with E-state index in [9.17, 15) is 32.7 Å². The number of carbonyl (C=O) groups excluding carboxylic acids is 4. The number of nitrogens with two attached hydrogens (primary N) is 1. The Morgan fingerprint density at radius 2 is 1.74 bits per heavy atom. The fourth-order valence-corrected chi connectivity index (χ4v) is 8.39. The summed E-state index contributed by atoms with van der Waals surface area (Å²) in [6.07, 6.45) is -1.01. The van der Waals surface area contributed by atoms with Gasteiger partial charge in [0.25, 0.3) is 21.8 Å². The van der Waals surface area contributed by atoms with Crippen molar-refractivity contribution >= 4 is 44.7 Å². The fourth-order valence-electron chi connectivity index (χ4n) is 6.93. The summed E-state index contributed by atoms with van der Waals surface area (Å²) in [4.78, 5) is 62.1. The molecule has 2 heterocycles. The minimum atomic E-state index is -4.89. The average Bonchev–Trinajstić information content (AvgIpc) is 3.71. The fraction of sp³-hybridized carbons (Fsp3) is 0.357. The number of imide groups is 1. The van der Waals surface area contributed by atoms with Gasteiger partial charge in [-0.2, -0.15) is 4.31 Å². The number of nitrogens with zero attached hydrogens (tertiary/aromatic N) is 3. The van der Waals surface area contributed by atoms with Crippen molar-refractivity contribution in [3.63, 3.8) is 0 Å². The molecule has 6 rings (SSSR count). The van der Waals surface area contributed by atoms with Gasteiger partial charge in [-0.05, 0) is 57.9 Å². The molecule has 3 aromatic carbocycles. The number of aromatic nitrogens is 1. The van der Waals surface area contributed by atoms with Crippen LogP contribution in [-0.2, 0) is 29.1 Å². The van der Waals surface area contributed by atoms with Gasteiger partial charge in [-0.15, -0.1) is 6.58 Å². The molecule has 1 aromatic heterocycles. The van der Waals surface area contributed by atoms with Crippen molar-refractivity contribution in [2.24, 2.45) is 11.7 Å². The maximum atomic E-state index is 14.9. The molecule has 0 radical (unpaired) electrons. The van der Waals surface area contributed by atoms with Gasteiger partial charge in [0.2, 0.25) is 5.91 Å². The molecular weight excluding hydrogens is 767 g/mol. The number of ether oxygens (including phenoxy) is 3. The largest absolute Gasteiger partial charge is 0.497 e. The third kappa shape index (κ3) is 8.68. The van der Waals surface area contributed by atoms with E-state index in [2.05, 4.69) is 11.9 Å². The number of fused-ring (bicyclic) bond motifs is 1. The smallest absolute Gasteiger partial charge is 0.408 e. The zero-order chi connectivity index (χ0) is 42.0. The van der Waals surface area contributed by atoms with Gasteiger partial charge < -0.3 is 35.3 Å². The number of rotatable bonds is 13. The predicted molar refractivity (Wildman–Crippen MR) is 214 cm³/mol. The summed E-state index contributed by atoms with van der Waals surface area (Å²) in [5, 5.41) is 13.0. The topological polar surface area (TPSA) is 208 Å². The lowest BCUT2D eigenvalue weighted by atomic mass is 10.1. The zero-order valence-electron chi connectivity index (χ0n) is 32.7. The van der Waals surface area contributed by atoms with Gasteiger partial charge in [-0.3, -0.25) is 14.4 Å². The standard InChI is InChI=1S/C42H47N5O10S/c1-6-27-24-42(27,43)39(51)47(58(53,54)30-15-11-8-12-16-30)38(50)35-22-29(25-46(35)37(49)32(19-20-48)45-40(52)57-41(2,3)4)56-36-23-33(26-13-9-7-10-14-26)44-34-21-28(55-5)17-18-31(34)36/h6-18,21,23,27,29,32,35,48H,1,19-20,22,24-25,43H2,2-5H3,(H,45,52)/t27-,29?,32+,35+,42-/m1/s1. The van der Waals surface area contributed by atoms with Crippen LogP contribution in [-0.4, -0.2) is 101 Å². The lowest BCUT2D eigenvalue weighted by Gasteiger charge is -2.32. The monoisotopic (exact) mass is 813 g/mol. The van der Waals surface area contributed by atoms with E-state index in [1.54, 1.807) is 51.1 Å². The second kappa shape index (κ2) is 16.6. The number of methoxy groups -OCH3 is 1. The van der Waals surface area contributed by atoms with Crippen LogP contribution in [0.1, 0.15) is 40.0 Å². The lowest BCUT2D eigenvalue weighted by Crippen LogP contribution is -2.59. The second-order valence-corrected chi connectivity index (χ2v) is 17.0. The number of carbonyl (C=O) groups is 4. The Kier molecular flexibility index (Phi) is 11.9. The molecule has 2 fully saturated rings. The first kappa shape index (κ1) is 41.8. The molecule has 15 nitrogen and oxygen atoms in total. The SMILES string of the molecule is C=C[C@@H]1C[C@]1(N)C(=O)N(C(=O)[C@@H]1CC(Oc2cc(-c3ccccc3)nc3cc(OC)ccc23)CN1C(=O)[C@H](CCO)NC(=O)OC(C)(C)C)S(=O)(=O)c1ccccc1. The number of aliphatic hydroxyl groups is 1. The maximum absolute atomic E-state index is 14.9. The van der Waals surface area contributed by atoms with Crippen LogP contribution in [0.4, 0.5) is 4.79 Å². The van der Waals surface area contributed by atoms with Crippen LogP contribution < -0.4 is 20.5 Å². The number of hydrogen-bond acceptors (Lipinski definition) is 12. The first-order chi connectivity index (χ1) is 27.5. The van der Waals surface area contributed by atoms with Crippen LogP contribution >= 0.6 is 0 Å². The number of nitrogens with one attached hydrogen (secondary N) is 1. The van der Waals surface area contributed by atoms with Gasteiger partial charge in [0, 0.05) is 42.0 Å². The van der Waals surface area contributed by atoms with Crippen LogP contribution in [0.25, 0.3) is 22.2 Å². The summed E-state index contributed by atoms with van der Waals surface area (Å²) in [5.41, 5.74) is 5.60. The molecule has 58 heavy (non-hydrogen) atoms. The van der Waals surface area contributed by atoms with Crippen LogP contribution in [0, 0.1) is 5.92 Å². The molecule has 0 spiro atoms. The Balaban J connectivity index is 1.43. The second-order valence-electron chi connectivity index (χ2n) is 15.3. The molecule has 5 atom stereocenters. The molecule has 306 valence electrons. The summed E-state index contributed by atoms with van der Waals surface area (Å²) in [7, 11) is -3.36. The summed E-state index contributed by atoms with van der Waals surface area (Å²) < 4.78 is 46.2. The van der Waals surface area contributed by atoms with E-state index in [-0.39, 0.29) is 35.0 Å². The highest BCUT2D eigenvalue weighted by Gasteiger charge is 2.61. The van der Waals surface area contributed by atoms with Crippen LogP contribution in [0.15, 0.2) is 102 Å². The van der Waals surface area contributed by atoms with Crippen molar-refractivity contribution in [3.05, 3.63) is 97.6 Å². The molecule has 1 saturated heterocycles. The van der Waals surface area contributed by atoms with Crippen molar-refractivity contribution in [1.82, 2.24) is 19.5 Å². The molecule has 0 bridgehead atoms. The van der Waals surface area contributed by atoms with E-state index in [0.29, 0.717) is 28.1 Å². The molecule has 4 N–H and O–H groups in total. The third-order valence-corrected chi connectivity index (χ3v) is 11.7. The highest BCUT2D eigenvalue weighted by molar-refractivity contribution is 7.90. The first-order valence-electron chi connectivity index (χ1n) is 18.7. The minimum Gasteiger partial charge on any atom is -0.497 e. The quantitative estimate of drug-likeness (QED) is 0.128. The molecule has 4 amide bonds. The maximum Gasteiger partial charge on any atom is 0.408 e. The van der Waals surface area contributed by atoms with Gasteiger partial charge in [0.05, 0.1) is 29.8 Å². The molecule has 2 aliphatic rings. The molecule has 1 aliphatic carbocycles. The Hall–Kier alpha value is -5.84. The summed E-state index contributed by atoms with van der Waals surface area (Å²) in [5.74, 6) is -2.99.